The number of amides is 1. The summed E-state index contributed by atoms with van der Waals surface area (Å²) in [5, 5.41) is 3.34. The first kappa shape index (κ1) is 14.4. The lowest BCUT2D eigenvalue weighted by molar-refractivity contribution is 0.0947. The predicted molar refractivity (Wildman–Crippen MR) is 80.5 cm³/mol. The van der Waals surface area contributed by atoms with E-state index in [1.165, 1.54) is 0 Å². The van der Waals surface area contributed by atoms with Crippen LogP contribution in [0.1, 0.15) is 15.9 Å². The zero-order chi connectivity index (χ0) is 14.4. The minimum atomic E-state index is -0.152. The van der Waals surface area contributed by atoms with E-state index >= 15 is 0 Å². The molecule has 0 aliphatic carbocycles. The van der Waals surface area contributed by atoms with Crippen LogP contribution in [-0.2, 0) is 0 Å². The van der Waals surface area contributed by atoms with Crippen LogP contribution in [-0.4, -0.2) is 19.1 Å². The lowest BCUT2D eigenvalue weighted by Crippen LogP contribution is -2.28. The Morgan fingerprint density at radius 3 is 2.75 bits per heavy atom. The van der Waals surface area contributed by atoms with Crippen molar-refractivity contribution in [1.29, 1.82) is 0 Å². The molecule has 0 radical (unpaired) electrons. The third kappa shape index (κ3) is 4.28. The topological polar surface area (TPSA) is 38.3 Å². The van der Waals surface area contributed by atoms with Crippen LogP contribution in [0.3, 0.4) is 0 Å². The van der Waals surface area contributed by atoms with E-state index in [0.717, 1.165) is 11.3 Å². The molecule has 0 fully saturated rings. The fraction of sp³-hybridized carbons (Fsp3) is 0.188. The maximum atomic E-state index is 11.8. The smallest absolute Gasteiger partial charge is 0.251 e. The molecule has 0 aliphatic heterocycles. The van der Waals surface area contributed by atoms with Crippen LogP contribution >= 0.6 is 11.6 Å². The number of hydrogen-bond acceptors (Lipinski definition) is 2. The summed E-state index contributed by atoms with van der Waals surface area (Å²) in [7, 11) is 0. The molecule has 0 bridgehead atoms. The van der Waals surface area contributed by atoms with Crippen LogP contribution in [0.4, 0.5) is 0 Å². The van der Waals surface area contributed by atoms with Crippen LogP contribution in [0, 0.1) is 6.92 Å². The van der Waals surface area contributed by atoms with E-state index in [-0.39, 0.29) is 5.91 Å². The van der Waals surface area contributed by atoms with Crippen LogP contribution in [0.2, 0.25) is 5.02 Å². The fourth-order valence-corrected chi connectivity index (χ4v) is 1.96. The molecule has 104 valence electrons. The maximum Gasteiger partial charge on any atom is 0.251 e. The number of hydrogen-bond donors (Lipinski definition) is 1. The van der Waals surface area contributed by atoms with Crippen LogP contribution in [0.25, 0.3) is 0 Å². The first-order valence-electron chi connectivity index (χ1n) is 6.38. The molecule has 1 amide bonds. The highest BCUT2D eigenvalue weighted by Gasteiger charge is 2.04. The average molecular weight is 290 g/mol. The monoisotopic (exact) mass is 289 g/mol. The Kier molecular flexibility index (Phi) is 5.02. The van der Waals surface area contributed by atoms with E-state index in [0.29, 0.717) is 23.7 Å². The van der Waals surface area contributed by atoms with Gasteiger partial charge in [0.05, 0.1) is 6.54 Å². The predicted octanol–water partition coefficient (Wildman–Crippen LogP) is 3.46. The molecule has 0 saturated carbocycles. The third-order valence-electron chi connectivity index (χ3n) is 2.73. The first-order valence-corrected chi connectivity index (χ1v) is 6.76. The molecule has 0 unspecified atom stereocenters. The third-order valence-corrected chi connectivity index (χ3v) is 2.97. The summed E-state index contributed by atoms with van der Waals surface area (Å²) in [6.07, 6.45) is 0. The second-order valence-electron chi connectivity index (χ2n) is 4.43. The Labute approximate surface area is 123 Å². The van der Waals surface area contributed by atoms with Gasteiger partial charge < -0.3 is 10.1 Å². The first-order chi connectivity index (χ1) is 9.65. The molecule has 0 saturated heterocycles. The van der Waals surface area contributed by atoms with Gasteiger partial charge in [0, 0.05) is 10.6 Å². The maximum absolute atomic E-state index is 11.8. The minimum Gasteiger partial charge on any atom is -0.492 e. The summed E-state index contributed by atoms with van der Waals surface area (Å²) in [6.45, 7) is 2.88. The standard InChI is InChI=1S/C16H16ClNO2/c1-12-4-2-7-15(10-12)20-9-8-18-16(19)13-5-3-6-14(17)11-13/h2-7,10-11H,8-9H2,1H3,(H,18,19). The van der Waals surface area contributed by atoms with Crippen LogP contribution < -0.4 is 10.1 Å². The molecule has 4 heteroatoms. The molecular weight excluding hydrogens is 274 g/mol. The molecular formula is C16H16ClNO2. The molecule has 1 N–H and O–H groups in total. The van der Waals surface area contributed by atoms with Crippen molar-refractivity contribution in [3.63, 3.8) is 0 Å². The van der Waals surface area contributed by atoms with Gasteiger partial charge >= 0.3 is 0 Å². The average Bonchev–Trinajstić information content (AvgIpc) is 2.43. The Morgan fingerprint density at radius 1 is 1.20 bits per heavy atom. The second-order valence-corrected chi connectivity index (χ2v) is 4.87. The SMILES string of the molecule is Cc1cccc(OCCNC(=O)c2cccc(Cl)c2)c1. The fourth-order valence-electron chi connectivity index (χ4n) is 1.77. The Bertz CT molecular complexity index is 599. The van der Waals surface area contributed by atoms with Gasteiger partial charge in [0.15, 0.2) is 0 Å². The summed E-state index contributed by atoms with van der Waals surface area (Å²) in [4.78, 5) is 11.8. The highest BCUT2D eigenvalue weighted by atomic mass is 35.5. The van der Waals surface area contributed by atoms with Crippen LogP contribution in [0.15, 0.2) is 48.5 Å². The molecule has 2 aromatic carbocycles. The Morgan fingerprint density at radius 2 is 2.00 bits per heavy atom. The molecule has 0 aliphatic rings. The summed E-state index contributed by atoms with van der Waals surface area (Å²) in [5.74, 6) is 0.655. The quantitative estimate of drug-likeness (QED) is 0.856. The van der Waals surface area contributed by atoms with Crippen molar-refractivity contribution in [3.05, 3.63) is 64.7 Å². The van der Waals surface area contributed by atoms with Gasteiger partial charge in [-0.05, 0) is 42.8 Å². The molecule has 3 nitrogen and oxygen atoms in total. The number of aryl methyl sites for hydroxylation is 1. The van der Waals surface area contributed by atoms with E-state index in [9.17, 15) is 4.79 Å². The molecule has 0 aromatic heterocycles. The molecule has 0 heterocycles. The molecule has 0 atom stereocenters. The molecule has 20 heavy (non-hydrogen) atoms. The van der Waals surface area contributed by atoms with Gasteiger partial charge in [-0.1, -0.05) is 29.8 Å². The Hall–Kier alpha value is -2.00. The van der Waals surface area contributed by atoms with Crippen molar-refractivity contribution in [2.24, 2.45) is 0 Å². The molecule has 2 aromatic rings. The van der Waals surface area contributed by atoms with E-state index in [4.69, 9.17) is 16.3 Å². The van der Waals surface area contributed by atoms with Crippen molar-refractivity contribution in [3.8, 4) is 5.75 Å². The molecule has 0 spiro atoms. The van der Waals surface area contributed by atoms with Crippen molar-refractivity contribution in [2.45, 2.75) is 6.92 Å². The van der Waals surface area contributed by atoms with Gasteiger partial charge in [-0.25, -0.2) is 0 Å². The normalized spacial score (nSPS) is 10.1. The number of carbonyl (C=O) groups is 1. The zero-order valence-corrected chi connectivity index (χ0v) is 12.0. The zero-order valence-electron chi connectivity index (χ0n) is 11.2. The van der Waals surface area contributed by atoms with Gasteiger partial charge in [0.2, 0.25) is 0 Å². The van der Waals surface area contributed by atoms with E-state index in [1.54, 1.807) is 24.3 Å². The van der Waals surface area contributed by atoms with E-state index in [1.807, 2.05) is 31.2 Å². The number of rotatable bonds is 5. The van der Waals surface area contributed by atoms with Crippen molar-refractivity contribution < 1.29 is 9.53 Å². The number of benzene rings is 2. The highest BCUT2D eigenvalue weighted by Crippen LogP contribution is 2.12. The minimum absolute atomic E-state index is 0.152. The molecule has 2 rings (SSSR count). The summed E-state index contributed by atoms with van der Waals surface area (Å²) in [5.41, 5.74) is 1.69. The number of nitrogens with one attached hydrogen (secondary N) is 1. The van der Waals surface area contributed by atoms with E-state index in [2.05, 4.69) is 5.32 Å². The van der Waals surface area contributed by atoms with Gasteiger partial charge in [-0.15, -0.1) is 0 Å². The van der Waals surface area contributed by atoms with Crippen LogP contribution in [0.5, 0.6) is 5.75 Å². The number of carbonyl (C=O) groups excluding carboxylic acids is 1. The second kappa shape index (κ2) is 6.96. The van der Waals surface area contributed by atoms with Gasteiger partial charge in [-0.3, -0.25) is 4.79 Å². The lowest BCUT2D eigenvalue weighted by Gasteiger charge is -2.08. The summed E-state index contributed by atoms with van der Waals surface area (Å²) >= 11 is 5.84. The summed E-state index contributed by atoms with van der Waals surface area (Å²) in [6, 6.07) is 14.6. The van der Waals surface area contributed by atoms with Gasteiger partial charge in [0.1, 0.15) is 12.4 Å². The number of ether oxygens (including phenoxy) is 1. The highest BCUT2D eigenvalue weighted by molar-refractivity contribution is 6.30. The van der Waals surface area contributed by atoms with Crippen molar-refractivity contribution >= 4 is 17.5 Å². The largest absolute Gasteiger partial charge is 0.492 e. The number of halogens is 1. The van der Waals surface area contributed by atoms with Crippen molar-refractivity contribution in [1.82, 2.24) is 5.32 Å². The summed E-state index contributed by atoms with van der Waals surface area (Å²) < 4.78 is 5.56. The van der Waals surface area contributed by atoms with Crippen molar-refractivity contribution in [2.75, 3.05) is 13.2 Å². The Balaban J connectivity index is 1.77. The lowest BCUT2D eigenvalue weighted by atomic mass is 10.2. The van der Waals surface area contributed by atoms with Gasteiger partial charge in [-0.2, -0.15) is 0 Å². The van der Waals surface area contributed by atoms with E-state index < -0.39 is 0 Å². The van der Waals surface area contributed by atoms with Gasteiger partial charge in [0.25, 0.3) is 5.91 Å².